The number of fused-ring (bicyclic) bond motifs is 1. The van der Waals surface area contributed by atoms with Crippen LogP contribution in [0, 0.1) is 0 Å². The molecule has 2 aromatic carbocycles. The van der Waals surface area contributed by atoms with Crippen LogP contribution in [0.15, 0.2) is 65.0 Å². The predicted octanol–water partition coefficient (Wildman–Crippen LogP) is 3.44. The third kappa shape index (κ3) is 4.24. The Hall–Kier alpha value is -2.55. The van der Waals surface area contributed by atoms with Gasteiger partial charge in [-0.05, 0) is 48.4 Å². The number of aromatic nitrogens is 1. The lowest BCUT2D eigenvalue weighted by atomic mass is 10.2. The lowest BCUT2D eigenvalue weighted by Crippen LogP contribution is -2.22. The maximum atomic E-state index is 12.7. The van der Waals surface area contributed by atoms with E-state index in [1.807, 2.05) is 10.6 Å². The molecule has 0 saturated heterocycles. The number of nitrogens with zero attached hydrogens (tertiary/aromatic N) is 3. The van der Waals surface area contributed by atoms with Crippen molar-refractivity contribution in [3.8, 4) is 0 Å². The first kappa shape index (κ1) is 21.2. The van der Waals surface area contributed by atoms with Crippen molar-refractivity contribution >= 4 is 37.5 Å². The number of hydrogen-bond donors (Lipinski definition) is 0. The summed E-state index contributed by atoms with van der Waals surface area (Å²) in [5.74, 6) is -0.418. The Labute approximate surface area is 174 Å². The summed E-state index contributed by atoms with van der Waals surface area (Å²) in [6.45, 7) is 6.44. The first-order chi connectivity index (χ1) is 13.8. The zero-order valence-corrected chi connectivity index (χ0v) is 18.3. The van der Waals surface area contributed by atoms with Gasteiger partial charge in [0.05, 0.1) is 15.1 Å². The van der Waals surface area contributed by atoms with Crippen LogP contribution in [0.2, 0.25) is 0 Å². The summed E-state index contributed by atoms with van der Waals surface area (Å²) < 4.78 is 28.5. The van der Waals surface area contributed by atoms with Gasteiger partial charge >= 0.3 is 0 Å². The van der Waals surface area contributed by atoms with Crippen LogP contribution in [0.1, 0.15) is 22.8 Å². The van der Waals surface area contributed by atoms with Gasteiger partial charge in [-0.1, -0.05) is 30.4 Å². The van der Waals surface area contributed by atoms with Crippen molar-refractivity contribution in [1.29, 1.82) is 0 Å². The van der Waals surface area contributed by atoms with Crippen LogP contribution >= 0.6 is 11.3 Å². The van der Waals surface area contributed by atoms with E-state index in [1.54, 1.807) is 6.08 Å². The minimum absolute atomic E-state index is 0.134. The summed E-state index contributed by atoms with van der Waals surface area (Å²) in [5, 5.41) is 0. The van der Waals surface area contributed by atoms with Crippen molar-refractivity contribution in [3.63, 3.8) is 0 Å². The number of hydrogen-bond acceptors (Lipinski definition) is 4. The van der Waals surface area contributed by atoms with Crippen molar-refractivity contribution < 1.29 is 13.2 Å². The molecular weight excluding hydrogens is 406 g/mol. The van der Waals surface area contributed by atoms with E-state index in [4.69, 9.17) is 0 Å². The molecule has 1 amide bonds. The number of rotatable bonds is 6. The van der Waals surface area contributed by atoms with Crippen molar-refractivity contribution in [2.24, 2.45) is 4.99 Å². The van der Waals surface area contributed by atoms with E-state index in [2.05, 4.69) is 30.6 Å². The largest absolute Gasteiger partial charge is 0.312 e. The number of sulfonamides is 1. The average Bonchev–Trinajstić information content (AvgIpc) is 3.04. The van der Waals surface area contributed by atoms with Crippen LogP contribution in [0.25, 0.3) is 10.2 Å². The van der Waals surface area contributed by atoms with Crippen LogP contribution in [0.5, 0.6) is 0 Å². The molecule has 0 aliphatic heterocycles. The second-order valence-electron chi connectivity index (χ2n) is 6.67. The third-order valence-corrected chi connectivity index (χ3v) is 7.41. The fourth-order valence-corrected chi connectivity index (χ4v) is 4.86. The second-order valence-corrected chi connectivity index (χ2v) is 9.83. The van der Waals surface area contributed by atoms with Gasteiger partial charge in [0.15, 0.2) is 4.80 Å². The number of aryl methyl sites for hydroxylation is 1. The van der Waals surface area contributed by atoms with Gasteiger partial charge < -0.3 is 4.57 Å². The summed E-state index contributed by atoms with van der Waals surface area (Å²) in [5.41, 5.74) is 2.56. The highest BCUT2D eigenvalue weighted by Crippen LogP contribution is 2.20. The van der Waals surface area contributed by atoms with Gasteiger partial charge in [-0.2, -0.15) is 4.99 Å². The Morgan fingerprint density at radius 2 is 1.90 bits per heavy atom. The summed E-state index contributed by atoms with van der Waals surface area (Å²) in [6, 6.07) is 12.1. The molecule has 29 heavy (non-hydrogen) atoms. The van der Waals surface area contributed by atoms with Crippen molar-refractivity contribution in [2.45, 2.75) is 24.8 Å². The lowest BCUT2D eigenvalue weighted by Gasteiger charge is -2.11. The zero-order valence-electron chi connectivity index (χ0n) is 16.6. The molecule has 0 spiro atoms. The van der Waals surface area contributed by atoms with Gasteiger partial charge in [0.1, 0.15) is 0 Å². The number of amides is 1. The topological polar surface area (TPSA) is 71.7 Å². The quantitative estimate of drug-likeness (QED) is 0.564. The number of allylic oxidation sites excluding steroid dienone is 1. The molecule has 1 aromatic heterocycles. The van der Waals surface area contributed by atoms with Crippen LogP contribution in [0.3, 0.4) is 0 Å². The van der Waals surface area contributed by atoms with Gasteiger partial charge in [0.25, 0.3) is 5.91 Å². The molecule has 0 bridgehead atoms. The Morgan fingerprint density at radius 1 is 1.21 bits per heavy atom. The van der Waals surface area contributed by atoms with E-state index < -0.39 is 15.9 Å². The Kier molecular flexibility index (Phi) is 6.16. The number of thiazole rings is 1. The Balaban J connectivity index is 2.03. The molecule has 0 N–H and O–H groups in total. The molecule has 3 rings (SSSR count). The highest BCUT2D eigenvalue weighted by atomic mass is 32.2. The molecular formula is C21H23N3O3S2. The molecule has 0 aliphatic carbocycles. The van der Waals surface area contributed by atoms with E-state index in [9.17, 15) is 13.2 Å². The minimum atomic E-state index is -3.54. The molecule has 6 nitrogen and oxygen atoms in total. The summed E-state index contributed by atoms with van der Waals surface area (Å²) in [7, 11) is -0.606. The first-order valence-electron chi connectivity index (χ1n) is 9.12. The summed E-state index contributed by atoms with van der Waals surface area (Å²) in [4.78, 5) is 17.7. The normalized spacial score (nSPS) is 12.6. The number of carbonyl (C=O) groups is 1. The van der Waals surface area contributed by atoms with Gasteiger partial charge in [0, 0.05) is 26.2 Å². The van der Waals surface area contributed by atoms with E-state index >= 15 is 0 Å². The molecule has 0 radical (unpaired) electrons. The smallest absolute Gasteiger partial charge is 0.279 e. The summed E-state index contributed by atoms with van der Waals surface area (Å²) >= 11 is 1.45. The monoisotopic (exact) mass is 429 g/mol. The molecule has 0 aliphatic rings. The molecule has 1 heterocycles. The van der Waals surface area contributed by atoms with Crippen LogP contribution in [-0.4, -0.2) is 37.3 Å². The highest BCUT2D eigenvalue weighted by Gasteiger charge is 2.17. The predicted molar refractivity (Wildman–Crippen MR) is 117 cm³/mol. The molecule has 8 heteroatoms. The summed E-state index contributed by atoms with van der Waals surface area (Å²) in [6.07, 6.45) is 2.70. The van der Waals surface area contributed by atoms with Crippen molar-refractivity contribution in [3.05, 3.63) is 71.0 Å². The fraction of sp³-hybridized carbons (Fsp3) is 0.238. The van der Waals surface area contributed by atoms with Crippen molar-refractivity contribution in [1.82, 2.24) is 8.87 Å². The SMILES string of the molecule is C=CCn1c(=NC(=O)c2ccc(S(=O)(=O)N(C)C)cc2)sc2cc(CC)ccc21. The first-order valence-corrected chi connectivity index (χ1v) is 11.4. The van der Waals surface area contributed by atoms with E-state index in [0.717, 1.165) is 20.9 Å². The molecule has 0 fully saturated rings. The van der Waals surface area contributed by atoms with E-state index in [0.29, 0.717) is 16.9 Å². The molecule has 3 aromatic rings. The van der Waals surface area contributed by atoms with Crippen molar-refractivity contribution in [2.75, 3.05) is 14.1 Å². The maximum absolute atomic E-state index is 12.7. The van der Waals surface area contributed by atoms with E-state index in [-0.39, 0.29) is 4.90 Å². The second kappa shape index (κ2) is 8.44. The molecule has 0 atom stereocenters. The lowest BCUT2D eigenvalue weighted by molar-refractivity contribution is 0.0998. The van der Waals surface area contributed by atoms with E-state index in [1.165, 1.54) is 55.3 Å². The van der Waals surface area contributed by atoms with Gasteiger partial charge in [-0.25, -0.2) is 12.7 Å². The number of benzene rings is 2. The maximum Gasteiger partial charge on any atom is 0.279 e. The van der Waals surface area contributed by atoms with Gasteiger partial charge in [-0.3, -0.25) is 4.79 Å². The fourth-order valence-electron chi connectivity index (χ4n) is 2.86. The Bertz CT molecular complexity index is 1230. The van der Waals surface area contributed by atoms with Crippen LogP contribution < -0.4 is 4.80 Å². The number of carbonyl (C=O) groups excluding carboxylic acids is 1. The standard InChI is InChI=1S/C21H23N3O3S2/c1-5-13-24-18-12-7-15(6-2)14-19(18)28-21(24)22-20(25)16-8-10-17(11-9-16)29(26,27)23(3)4/h5,7-12,14H,1,6,13H2,2-4H3. The molecule has 0 saturated carbocycles. The third-order valence-electron chi connectivity index (χ3n) is 4.54. The Morgan fingerprint density at radius 3 is 2.48 bits per heavy atom. The zero-order chi connectivity index (χ0) is 21.2. The minimum Gasteiger partial charge on any atom is -0.312 e. The van der Waals surface area contributed by atoms with Gasteiger partial charge in [0.2, 0.25) is 10.0 Å². The highest BCUT2D eigenvalue weighted by molar-refractivity contribution is 7.89. The van der Waals surface area contributed by atoms with Crippen LogP contribution in [0.4, 0.5) is 0 Å². The molecule has 0 unspecified atom stereocenters. The van der Waals surface area contributed by atoms with Gasteiger partial charge in [-0.15, -0.1) is 6.58 Å². The molecule has 152 valence electrons. The van der Waals surface area contributed by atoms with Crippen LogP contribution in [-0.2, 0) is 23.0 Å². The average molecular weight is 430 g/mol.